The molecule has 0 aromatic heterocycles. The Balaban J connectivity index is 4.52. The first-order valence-corrected chi connectivity index (χ1v) is 27.0. The smallest absolute Gasteiger partial charge is 0.306 e. The van der Waals surface area contributed by atoms with E-state index in [0.717, 1.165) is 161 Å². The van der Waals surface area contributed by atoms with Crippen molar-refractivity contribution in [2.45, 2.75) is 232 Å². The van der Waals surface area contributed by atoms with Crippen molar-refractivity contribution in [2.24, 2.45) is 0 Å². The summed E-state index contributed by atoms with van der Waals surface area (Å²) in [5.41, 5.74) is 0. The highest BCUT2D eigenvalue weighted by molar-refractivity contribution is 5.71. The van der Waals surface area contributed by atoms with E-state index >= 15 is 0 Å². The van der Waals surface area contributed by atoms with E-state index in [1.54, 1.807) is 0 Å². The molecule has 0 radical (unpaired) electrons. The molecule has 0 aliphatic carbocycles. The molecular weight excluding hydrogens is 829 g/mol. The first-order chi connectivity index (χ1) is 33.0. The number of rotatable bonds is 47. The van der Waals surface area contributed by atoms with E-state index in [4.69, 9.17) is 14.2 Å². The van der Waals surface area contributed by atoms with Crippen LogP contribution in [0, 0.1) is 0 Å². The molecule has 0 aliphatic heterocycles. The number of hydrogen-bond donors (Lipinski definition) is 0. The summed E-state index contributed by atoms with van der Waals surface area (Å²) in [4.78, 5) is 38.1. The van der Waals surface area contributed by atoms with E-state index < -0.39 is 6.10 Å². The summed E-state index contributed by atoms with van der Waals surface area (Å²) in [6, 6.07) is 0. The molecule has 67 heavy (non-hydrogen) atoms. The van der Waals surface area contributed by atoms with Crippen LogP contribution in [0.5, 0.6) is 0 Å². The van der Waals surface area contributed by atoms with Gasteiger partial charge in [-0.15, -0.1) is 0 Å². The lowest BCUT2D eigenvalue weighted by atomic mass is 10.1. The molecule has 0 amide bonds. The van der Waals surface area contributed by atoms with Gasteiger partial charge < -0.3 is 14.2 Å². The Kier molecular flexibility index (Phi) is 51.0. The molecule has 0 aromatic carbocycles. The molecule has 0 saturated carbocycles. The van der Waals surface area contributed by atoms with Gasteiger partial charge in [0, 0.05) is 19.3 Å². The van der Waals surface area contributed by atoms with Crippen molar-refractivity contribution in [3.63, 3.8) is 0 Å². The Morgan fingerprint density at radius 2 is 0.582 bits per heavy atom. The van der Waals surface area contributed by atoms with Gasteiger partial charge in [0.1, 0.15) is 13.2 Å². The van der Waals surface area contributed by atoms with Crippen molar-refractivity contribution in [1.82, 2.24) is 0 Å². The van der Waals surface area contributed by atoms with Crippen LogP contribution in [0.4, 0.5) is 0 Å². The van der Waals surface area contributed by atoms with Crippen LogP contribution >= 0.6 is 0 Å². The Hall–Kier alpha value is -4.19. The Labute approximate surface area is 412 Å². The van der Waals surface area contributed by atoms with Crippen LogP contribution in [0.2, 0.25) is 0 Å². The monoisotopic (exact) mass is 927 g/mol. The standard InChI is InChI=1S/C61H98O6/c1-4-7-10-13-16-19-22-25-28-29-30-31-34-36-39-42-45-48-51-54-60(63)66-57-58(67-61(64)55-52-49-46-43-40-37-33-27-24-21-18-15-12-9-6-3)56-65-59(62)53-50-47-44-41-38-35-32-26-23-20-17-14-11-8-5-2/h7,9-10,12,16-21,25-28,30-33,36,39,58H,4-6,8,11,13-15,22-24,29,34-35,37-38,40-57H2,1-3H3/b10-7-,12-9-,19-16-,20-17-,21-18-,28-25-,31-30-,32-26-,33-27-,39-36-/t58-/m1/s1. The largest absolute Gasteiger partial charge is 0.462 e. The Morgan fingerprint density at radius 1 is 0.313 bits per heavy atom. The van der Waals surface area contributed by atoms with E-state index in [9.17, 15) is 14.4 Å². The van der Waals surface area contributed by atoms with Crippen LogP contribution < -0.4 is 0 Å². The van der Waals surface area contributed by atoms with Crippen molar-refractivity contribution in [3.05, 3.63) is 122 Å². The molecule has 1 atom stereocenters. The summed E-state index contributed by atoms with van der Waals surface area (Å²) in [5, 5.41) is 0. The number of allylic oxidation sites excluding steroid dienone is 20. The maximum Gasteiger partial charge on any atom is 0.306 e. The predicted molar refractivity (Wildman–Crippen MR) is 288 cm³/mol. The number of ether oxygens (including phenoxy) is 3. The molecule has 0 saturated heterocycles. The van der Waals surface area contributed by atoms with Crippen molar-refractivity contribution < 1.29 is 28.6 Å². The van der Waals surface area contributed by atoms with Crippen LogP contribution in [0.25, 0.3) is 0 Å². The summed E-state index contributed by atoms with van der Waals surface area (Å²) in [6.07, 6.45) is 74.6. The first-order valence-electron chi connectivity index (χ1n) is 27.0. The van der Waals surface area contributed by atoms with Gasteiger partial charge >= 0.3 is 17.9 Å². The summed E-state index contributed by atoms with van der Waals surface area (Å²) in [5.74, 6) is -0.975. The number of carbonyl (C=O) groups excluding carboxylic acids is 3. The van der Waals surface area contributed by atoms with E-state index in [1.165, 1.54) is 25.7 Å². The fourth-order valence-corrected chi connectivity index (χ4v) is 6.92. The van der Waals surface area contributed by atoms with Gasteiger partial charge in [-0.25, -0.2) is 0 Å². The third-order valence-corrected chi connectivity index (χ3v) is 10.9. The van der Waals surface area contributed by atoms with Crippen LogP contribution in [-0.4, -0.2) is 37.2 Å². The zero-order chi connectivity index (χ0) is 48.6. The fourth-order valence-electron chi connectivity index (χ4n) is 6.92. The molecule has 0 spiro atoms. The topological polar surface area (TPSA) is 78.9 Å². The minimum absolute atomic E-state index is 0.107. The second kappa shape index (κ2) is 54.4. The third kappa shape index (κ3) is 52.6. The highest BCUT2D eigenvalue weighted by Crippen LogP contribution is 2.13. The minimum Gasteiger partial charge on any atom is -0.462 e. The molecular formula is C61H98O6. The normalized spacial score (nSPS) is 13.1. The lowest BCUT2D eigenvalue weighted by Gasteiger charge is -2.18. The van der Waals surface area contributed by atoms with Gasteiger partial charge in [-0.2, -0.15) is 0 Å². The van der Waals surface area contributed by atoms with Crippen LogP contribution in [0.3, 0.4) is 0 Å². The van der Waals surface area contributed by atoms with Gasteiger partial charge in [-0.3, -0.25) is 14.4 Å². The number of esters is 3. The van der Waals surface area contributed by atoms with Gasteiger partial charge in [-0.05, 0) is 128 Å². The first kappa shape index (κ1) is 62.8. The van der Waals surface area contributed by atoms with Crippen molar-refractivity contribution >= 4 is 17.9 Å². The Bertz CT molecular complexity index is 1440. The van der Waals surface area contributed by atoms with Crippen LogP contribution in [0.15, 0.2) is 122 Å². The highest BCUT2D eigenvalue weighted by atomic mass is 16.6. The van der Waals surface area contributed by atoms with E-state index in [0.29, 0.717) is 19.3 Å². The molecule has 0 aliphatic rings. The quantitative estimate of drug-likeness (QED) is 0.0262. The van der Waals surface area contributed by atoms with Crippen molar-refractivity contribution in [1.29, 1.82) is 0 Å². The zero-order valence-corrected chi connectivity index (χ0v) is 43.1. The maximum atomic E-state index is 12.8. The predicted octanol–water partition coefficient (Wildman–Crippen LogP) is 18.1. The summed E-state index contributed by atoms with van der Waals surface area (Å²) < 4.78 is 16.8. The fraction of sp³-hybridized carbons (Fsp3) is 0.623. The number of carbonyl (C=O) groups is 3. The molecule has 0 heterocycles. The van der Waals surface area contributed by atoms with E-state index in [1.807, 2.05) is 0 Å². The van der Waals surface area contributed by atoms with Gasteiger partial charge in [0.25, 0.3) is 0 Å². The minimum atomic E-state index is -0.810. The van der Waals surface area contributed by atoms with Crippen molar-refractivity contribution in [2.75, 3.05) is 13.2 Å². The lowest BCUT2D eigenvalue weighted by molar-refractivity contribution is -0.167. The SMILES string of the molecule is CC/C=C\C/C=C\C/C=C\C/C=C\C/C=C\CCCCCC(=O)OC[C@@H](COC(=O)CCCCCCC/C=C\C/C=C\CCCCC)OC(=O)CCCCCCC/C=C\C/C=C\C/C=C\CC. The van der Waals surface area contributed by atoms with E-state index in [2.05, 4.69) is 142 Å². The summed E-state index contributed by atoms with van der Waals surface area (Å²) in [6.45, 7) is 6.32. The molecule has 6 nitrogen and oxygen atoms in total. The zero-order valence-electron chi connectivity index (χ0n) is 43.1. The molecule has 0 fully saturated rings. The second-order valence-corrected chi connectivity index (χ2v) is 17.4. The molecule has 0 bridgehead atoms. The van der Waals surface area contributed by atoms with Gasteiger partial charge in [0.2, 0.25) is 0 Å². The van der Waals surface area contributed by atoms with Gasteiger partial charge in [0.05, 0.1) is 0 Å². The summed E-state index contributed by atoms with van der Waals surface area (Å²) >= 11 is 0. The van der Waals surface area contributed by atoms with Crippen LogP contribution in [-0.2, 0) is 28.6 Å². The molecule has 0 aromatic rings. The van der Waals surface area contributed by atoms with Crippen LogP contribution in [0.1, 0.15) is 226 Å². The molecule has 0 N–H and O–H groups in total. The third-order valence-electron chi connectivity index (χ3n) is 10.9. The van der Waals surface area contributed by atoms with Gasteiger partial charge in [-0.1, -0.05) is 200 Å². The summed E-state index contributed by atoms with van der Waals surface area (Å²) in [7, 11) is 0. The number of hydrogen-bond acceptors (Lipinski definition) is 6. The van der Waals surface area contributed by atoms with Gasteiger partial charge in [0.15, 0.2) is 6.10 Å². The lowest BCUT2D eigenvalue weighted by Crippen LogP contribution is -2.30. The molecule has 378 valence electrons. The average Bonchev–Trinajstić information content (AvgIpc) is 3.33. The molecule has 6 heteroatoms. The molecule has 0 unspecified atom stereocenters. The van der Waals surface area contributed by atoms with Crippen molar-refractivity contribution in [3.8, 4) is 0 Å². The highest BCUT2D eigenvalue weighted by Gasteiger charge is 2.19. The average molecular weight is 927 g/mol. The molecule has 0 rings (SSSR count). The second-order valence-electron chi connectivity index (χ2n) is 17.4. The maximum absolute atomic E-state index is 12.8. The number of unbranched alkanes of at least 4 members (excludes halogenated alkanes) is 16. The Morgan fingerprint density at radius 3 is 0.925 bits per heavy atom. The van der Waals surface area contributed by atoms with E-state index in [-0.39, 0.29) is 31.1 Å².